The van der Waals surface area contributed by atoms with E-state index in [9.17, 15) is 4.79 Å². The highest BCUT2D eigenvalue weighted by Crippen LogP contribution is 2.47. The summed E-state index contributed by atoms with van der Waals surface area (Å²) in [4.78, 5) is 18.6. The van der Waals surface area contributed by atoms with Crippen LogP contribution in [0.4, 0.5) is 0 Å². The summed E-state index contributed by atoms with van der Waals surface area (Å²) < 4.78 is 5.80. The number of hydrogen-bond donors (Lipinski definition) is 0. The predicted octanol–water partition coefficient (Wildman–Crippen LogP) is 6.79. The third-order valence-electron chi connectivity index (χ3n) is 6.12. The van der Waals surface area contributed by atoms with Gasteiger partial charge in [-0.1, -0.05) is 84.9 Å². The van der Waals surface area contributed by atoms with Gasteiger partial charge in [0.05, 0.1) is 24.1 Å². The minimum atomic E-state index is 0.0376. The molecule has 0 saturated carbocycles. The fourth-order valence-electron chi connectivity index (χ4n) is 4.64. The molecule has 4 aromatic carbocycles. The zero-order valence-electron chi connectivity index (χ0n) is 17.5. The number of pyridine rings is 1. The largest absolute Gasteiger partial charge is 0.496 e. The van der Waals surface area contributed by atoms with E-state index in [2.05, 4.69) is 18.2 Å². The Morgan fingerprint density at radius 2 is 1.41 bits per heavy atom. The molecule has 1 heterocycles. The molecule has 0 fully saturated rings. The van der Waals surface area contributed by atoms with Crippen molar-refractivity contribution in [2.75, 3.05) is 7.11 Å². The van der Waals surface area contributed by atoms with E-state index in [0.717, 1.165) is 55.7 Å². The van der Waals surface area contributed by atoms with Crippen LogP contribution in [-0.4, -0.2) is 17.9 Å². The molecule has 0 saturated heterocycles. The molecule has 0 atom stereocenters. The lowest BCUT2D eigenvalue weighted by molar-refractivity contribution is 0.104. The average Bonchev–Trinajstić information content (AvgIpc) is 3.15. The summed E-state index contributed by atoms with van der Waals surface area (Å²) in [6.07, 6.45) is 0. The number of aromatic nitrogens is 1. The van der Waals surface area contributed by atoms with Crippen molar-refractivity contribution in [1.29, 1.82) is 0 Å². The Labute approximate surface area is 186 Å². The highest BCUT2D eigenvalue weighted by atomic mass is 16.5. The van der Waals surface area contributed by atoms with Crippen molar-refractivity contribution >= 4 is 16.6 Å². The van der Waals surface area contributed by atoms with E-state index >= 15 is 0 Å². The number of ether oxygens (including phenoxy) is 1. The predicted molar refractivity (Wildman–Crippen MR) is 128 cm³/mol. The van der Waals surface area contributed by atoms with Gasteiger partial charge >= 0.3 is 0 Å². The summed E-state index contributed by atoms with van der Waals surface area (Å²) in [7, 11) is 1.67. The Morgan fingerprint density at radius 3 is 2.22 bits per heavy atom. The molecule has 0 N–H and O–H groups in total. The van der Waals surface area contributed by atoms with Crippen LogP contribution in [-0.2, 0) is 0 Å². The molecule has 0 bridgehead atoms. The first kappa shape index (κ1) is 18.5. The fraction of sp³-hybridized carbons (Fsp3) is 0.0345. The van der Waals surface area contributed by atoms with Gasteiger partial charge in [-0.3, -0.25) is 4.79 Å². The topological polar surface area (TPSA) is 39.2 Å². The van der Waals surface area contributed by atoms with Crippen LogP contribution in [0, 0.1) is 0 Å². The lowest BCUT2D eigenvalue weighted by Crippen LogP contribution is -2.00. The van der Waals surface area contributed by atoms with E-state index < -0.39 is 0 Å². The van der Waals surface area contributed by atoms with Crippen LogP contribution >= 0.6 is 0 Å². The number of methoxy groups -OCH3 is 1. The van der Waals surface area contributed by atoms with Crippen molar-refractivity contribution in [1.82, 2.24) is 4.98 Å². The molecule has 5 aromatic rings. The maximum Gasteiger partial charge on any atom is 0.194 e. The maximum absolute atomic E-state index is 13.4. The number of benzene rings is 4. The van der Waals surface area contributed by atoms with Crippen molar-refractivity contribution in [2.24, 2.45) is 0 Å². The molecule has 152 valence electrons. The first-order valence-electron chi connectivity index (χ1n) is 10.6. The number of nitrogens with zero attached hydrogens (tertiary/aromatic N) is 1. The number of fused-ring (bicyclic) bond motifs is 4. The molecule has 1 aliphatic carbocycles. The zero-order valence-corrected chi connectivity index (χ0v) is 17.5. The van der Waals surface area contributed by atoms with Gasteiger partial charge in [0, 0.05) is 22.3 Å². The number of hydrogen-bond acceptors (Lipinski definition) is 3. The van der Waals surface area contributed by atoms with Gasteiger partial charge in [0.2, 0.25) is 0 Å². The standard InChI is InChI=1S/C29H19NO2/c1-32-25-16-15-18-9-5-6-12-20(18)27(25)28-26-21-13-7-8-14-22(21)29(31)23(26)17-24(30-28)19-10-3-2-4-11-19/h2-17H,1H3. The SMILES string of the molecule is COc1ccc2ccccc2c1-c1nc(-c2ccccc2)cc2c1-c1ccccc1C2=O. The van der Waals surface area contributed by atoms with Crippen LogP contribution in [0.3, 0.4) is 0 Å². The van der Waals surface area contributed by atoms with E-state index in [1.54, 1.807) is 7.11 Å². The van der Waals surface area contributed by atoms with Gasteiger partial charge in [0.15, 0.2) is 5.78 Å². The van der Waals surface area contributed by atoms with E-state index in [1.165, 1.54) is 0 Å². The third kappa shape index (κ3) is 2.68. The summed E-state index contributed by atoms with van der Waals surface area (Å²) in [6.45, 7) is 0. The summed E-state index contributed by atoms with van der Waals surface area (Å²) in [5.74, 6) is 0.774. The molecule has 1 aliphatic rings. The Balaban J connectivity index is 1.77. The Kier molecular flexibility index (Phi) is 4.15. The molecular weight excluding hydrogens is 394 g/mol. The van der Waals surface area contributed by atoms with Gasteiger partial charge in [-0.15, -0.1) is 0 Å². The molecule has 3 heteroatoms. The average molecular weight is 413 g/mol. The van der Waals surface area contributed by atoms with Crippen molar-refractivity contribution in [3.63, 3.8) is 0 Å². The van der Waals surface area contributed by atoms with Gasteiger partial charge in [-0.25, -0.2) is 4.98 Å². The second-order valence-electron chi connectivity index (χ2n) is 7.88. The third-order valence-corrected chi connectivity index (χ3v) is 6.12. The van der Waals surface area contributed by atoms with E-state index in [4.69, 9.17) is 9.72 Å². The van der Waals surface area contributed by atoms with Crippen LogP contribution < -0.4 is 4.74 Å². The zero-order chi connectivity index (χ0) is 21.7. The monoisotopic (exact) mass is 413 g/mol. The highest BCUT2D eigenvalue weighted by molar-refractivity contribution is 6.24. The molecule has 0 amide bonds. The van der Waals surface area contributed by atoms with Crippen LogP contribution in [0.2, 0.25) is 0 Å². The molecule has 1 aromatic heterocycles. The minimum Gasteiger partial charge on any atom is -0.496 e. The Hall–Kier alpha value is -4.24. The van der Waals surface area contributed by atoms with Gasteiger partial charge in [0.25, 0.3) is 0 Å². The van der Waals surface area contributed by atoms with E-state index in [-0.39, 0.29) is 5.78 Å². The lowest BCUT2D eigenvalue weighted by atomic mass is 9.93. The van der Waals surface area contributed by atoms with Crippen LogP contribution in [0.5, 0.6) is 5.75 Å². The highest BCUT2D eigenvalue weighted by Gasteiger charge is 2.32. The second kappa shape index (κ2) is 7.17. The fourth-order valence-corrected chi connectivity index (χ4v) is 4.64. The van der Waals surface area contributed by atoms with Crippen molar-refractivity contribution in [3.05, 3.63) is 108 Å². The van der Waals surface area contributed by atoms with Crippen molar-refractivity contribution in [2.45, 2.75) is 0 Å². The molecule has 6 rings (SSSR count). The van der Waals surface area contributed by atoms with Gasteiger partial charge < -0.3 is 4.74 Å². The second-order valence-corrected chi connectivity index (χ2v) is 7.88. The first-order valence-corrected chi connectivity index (χ1v) is 10.6. The van der Waals surface area contributed by atoms with Crippen molar-refractivity contribution in [3.8, 4) is 39.4 Å². The van der Waals surface area contributed by atoms with Gasteiger partial charge in [-0.2, -0.15) is 0 Å². The number of carbonyl (C=O) groups excluding carboxylic acids is 1. The number of rotatable bonds is 3. The van der Waals surface area contributed by atoms with Crippen LogP contribution in [0.25, 0.3) is 44.4 Å². The maximum atomic E-state index is 13.4. The molecule has 32 heavy (non-hydrogen) atoms. The molecule has 0 aliphatic heterocycles. The molecule has 0 unspecified atom stereocenters. The van der Waals surface area contributed by atoms with E-state index in [1.807, 2.05) is 78.9 Å². The summed E-state index contributed by atoms with van der Waals surface area (Å²) in [5, 5.41) is 2.14. The molecule has 0 radical (unpaired) electrons. The lowest BCUT2D eigenvalue weighted by Gasteiger charge is -2.16. The smallest absolute Gasteiger partial charge is 0.194 e. The first-order chi connectivity index (χ1) is 15.8. The Morgan fingerprint density at radius 1 is 0.688 bits per heavy atom. The molecule has 3 nitrogen and oxygen atoms in total. The van der Waals surface area contributed by atoms with Gasteiger partial charge in [-0.05, 0) is 28.5 Å². The minimum absolute atomic E-state index is 0.0376. The number of carbonyl (C=O) groups is 1. The van der Waals surface area contributed by atoms with Crippen LogP contribution in [0.1, 0.15) is 15.9 Å². The quantitative estimate of drug-likeness (QED) is 0.321. The van der Waals surface area contributed by atoms with Gasteiger partial charge in [0.1, 0.15) is 5.75 Å². The summed E-state index contributed by atoms with van der Waals surface area (Å²) in [6, 6.07) is 31.9. The molecule has 0 spiro atoms. The summed E-state index contributed by atoms with van der Waals surface area (Å²) in [5.41, 5.74) is 6.62. The molecular formula is C29H19NO2. The Bertz CT molecular complexity index is 1520. The normalized spacial score (nSPS) is 12.0. The van der Waals surface area contributed by atoms with Crippen molar-refractivity contribution < 1.29 is 9.53 Å². The van der Waals surface area contributed by atoms with E-state index in [0.29, 0.717) is 5.56 Å². The summed E-state index contributed by atoms with van der Waals surface area (Å²) >= 11 is 0. The van der Waals surface area contributed by atoms with Crippen LogP contribution in [0.15, 0.2) is 97.1 Å². The number of ketones is 1.